The fourth-order valence-electron chi connectivity index (χ4n) is 3.88. The molecule has 0 bridgehead atoms. The fourth-order valence-corrected chi connectivity index (χ4v) is 3.88. The highest BCUT2D eigenvalue weighted by Gasteiger charge is 2.21. The summed E-state index contributed by atoms with van der Waals surface area (Å²) in [4.78, 5) is 9.37. The van der Waals surface area contributed by atoms with E-state index in [4.69, 9.17) is 13.9 Å². The molecule has 1 aromatic heterocycles. The second-order valence-corrected chi connectivity index (χ2v) is 7.73. The van der Waals surface area contributed by atoms with Gasteiger partial charge in [0.25, 0.3) is 0 Å². The van der Waals surface area contributed by atoms with Crippen LogP contribution in [0.15, 0.2) is 46.9 Å². The van der Waals surface area contributed by atoms with E-state index in [0.29, 0.717) is 23.7 Å². The Morgan fingerprint density at radius 3 is 2.35 bits per heavy atom. The van der Waals surface area contributed by atoms with Crippen molar-refractivity contribution in [2.24, 2.45) is 0 Å². The zero-order chi connectivity index (χ0) is 21.8. The number of aryl methyl sites for hydroxylation is 1. The van der Waals surface area contributed by atoms with Gasteiger partial charge in [-0.1, -0.05) is 18.2 Å². The van der Waals surface area contributed by atoms with Gasteiger partial charge in [0.05, 0.1) is 25.5 Å². The molecule has 0 spiro atoms. The molecule has 0 aliphatic carbocycles. The molecule has 0 saturated carbocycles. The number of para-hydroxylation sites is 1. The van der Waals surface area contributed by atoms with Crippen molar-refractivity contribution in [1.82, 2.24) is 14.8 Å². The van der Waals surface area contributed by atoms with Crippen molar-refractivity contribution in [3.8, 4) is 23.0 Å². The summed E-state index contributed by atoms with van der Waals surface area (Å²) >= 11 is 0. The van der Waals surface area contributed by atoms with E-state index in [1.807, 2.05) is 25.1 Å². The van der Waals surface area contributed by atoms with E-state index >= 15 is 0 Å². The second kappa shape index (κ2) is 9.49. The summed E-state index contributed by atoms with van der Waals surface area (Å²) in [6.45, 7) is 7.26. The summed E-state index contributed by atoms with van der Waals surface area (Å²) in [6.07, 6.45) is 0. The molecule has 2 aromatic carbocycles. The molecule has 2 heterocycles. The molecule has 1 aliphatic heterocycles. The van der Waals surface area contributed by atoms with Crippen molar-refractivity contribution in [1.29, 1.82) is 0 Å². The Morgan fingerprint density at radius 1 is 0.968 bits per heavy atom. The first kappa shape index (κ1) is 21.3. The number of aromatic nitrogens is 1. The molecule has 0 atom stereocenters. The first-order valence-corrected chi connectivity index (χ1v) is 10.4. The highest BCUT2D eigenvalue weighted by Crippen LogP contribution is 2.28. The van der Waals surface area contributed by atoms with Gasteiger partial charge in [0.15, 0.2) is 0 Å². The summed E-state index contributed by atoms with van der Waals surface area (Å²) in [6, 6.07) is 12.8. The zero-order valence-corrected chi connectivity index (χ0v) is 18.2. The van der Waals surface area contributed by atoms with Crippen molar-refractivity contribution >= 4 is 0 Å². The van der Waals surface area contributed by atoms with E-state index in [1.54, 1.807) is 19.2 Å². The van der Waals surface area contributed by atoms with E-state index in [9.17, 15) is 4.39 Å². The highest BCUT2D eigenvalue weighted by atomic mass is 19.1. The number of hydrogen-bond donors (Lipinski definition) is 0. The molecule has 1 saturated heterocycles. The minimum Gasteiger partial charge on any atom is -0.497 e. The van der Waals surface area contributed by atoms with Crippen molar-refractivity contribution in [3.63, 3.8) is 0 Å². The van der Waals surface area contributed by atoms with Crippen LogP contribution in [0.3, 0.4) is 0 Å². The number of benzene rings is 2. The summed E-state index contributed by atoms with van der Waals surface area (Å²) < 4.78 is 30.7. The molecule has 31 heavy (non-hydrogen) atoms. The third-order valence-electron chi connectivity index (χ3n) is 5.72. The van der Waals surface area contributed by atoms with Crippen LogP contribution < -0.4 is 9.47 Å². The number of oxazole rings is 1. The standard InChI is InChI=1S/C24H28FN3O3/c1-17-22(26-24(31-17)20-9-8-19(29-2)14-21(20)25)16-28-12-10-27(11-13-28)15-18-6-4-5-7-23(18)30-3/h4-9,14H,10-13,15-16H2,1-3H3. The van der Waals surface area contributed by atoms with Gasteiger partial charge >= 0.3 is 0 Å². The average molecular weight is 426 g/mol. The molecular weight excluding hydrogens is 397 g/mol. The van der Waals surface area contributed by atoms with Crippen molar-refractivity contribution in [2.75, 3.05) is 40.4 Å². The third kappa shape index (κ3) is 4.89. The predicted molar refractivity (Wildman–Crippen MR) is 117 cm³/mol. The molecule has 0 unspecified atom stereocenters. The topological polar surface area (TPSA) is 51.0 Å². The Morgan fingerprint density at radius 2 is 1.68 bits per heavy atom. The van der Waals surface area contributed by atoms with Gasteiger partial charge in [0, 0.05) is 50.9 Å². The van der Waals surface area contributed by atoms with Gasteiger partial charge in [0.2, 0.25) is 5.89 Å². The van der Waals surface area contributed by atoms with Crippen LogP contribution in [0, 0.1) is 12.7 Å². The molecule has 0 amide bonds. The predicted octanol–water partition coefficient (Wildman–Crippen LogP) is 4.12. The van der Waals surface area contributed by atoms with Crippen LogP contribution in [0.4, 0.5) is 4.39 Å². The summed E-state index contributed by atoms with van der Waals surface area (Å²) in [5.41, 5.74) is 2.40. The van der Waals surface area contributed by atoms with Gasteiger partial charge in [-0.25, -0.2) is 9.37 Å². The summed E-state index contributed by atoms with van der Waals surface area (Å²) in [5, 5.41) is 0. The Balaban J connectivity index is 1.37. The first-order valence-electron chi connectivity index (χ1n) is 10.4. The van der Waals surface area contributed by atoms with Gasteiger partial charge in [-0.2, -0.15) is 0 Å². The smallest absolute Gasteiger partial charge is 0.229 e. The zero-order valence-electron chi connectivity index (χ0n) is 18.2. The minimum absolute atomic E-state index is 0.308. The SMILES string of the molecule is COc1ccc(-c2nc(CN3CCN(Cc4ccccc4OC)CC3)c(C)o2)c(F)c1. The first-order chi connectivity index (χ1) is 15.1. The molecule has 1 fully saturated rings. The van der Waals surface area contributed by atoms with Crippen LogP contribution in [0.5, 0.6) is 11.5 Å². The number of piperazine rings is 1. The van der Waals surface area contributed by atoms with Crippen LogP contribution in [0.1, 0.15) is 17.0 Å². The lowest BCUT2D eigenvalue weighted by Gasteiger charge is -2.34. The Kier molecular flexibility index (Phi) is 6.53. The van der Waals surface area contributed by atoms with Crippen LogP contribution in [-0.4, -0.2) is 55.2 Å². The largest absolute Gasteiger partial charge is 0.497 e. The number of halogens is 1. The van der Waals surface area contributed by atoms with E-state index < -0.39 is 5.82 Å². The summed E-state index contributed by atoms with van der Waals surface area (Å²) in [5.74, 6) is 2.03. The normalized spacial score (nSPS) is 15.2. The van der Waals surface area contributed by atoms with Gasteiger partial charge in [-0.3, -0.25) is 9.80 Å². The molecule has 7 heteroatoms. The molecule has 3 aromatic rings. The Bertz CT molecular complexity index is 1030. The quantitative estimate of drug-likeness (QED) is 0.568. The monoisotopic (exact) mass is 425 g/mol. The molecule has 1 aliphatic rings. The van der Waals surface area contributed by atoms with E-state index in [-0.39, 0.29) is 0 Å². The second-order valence-electron chi connectivity index (χ2n) is 7.73. The number of rotatable bonds is 7. The maximum absolute atomic E-state index is 14.4. The van der Waals surface area contributed by atoms with Gasteiger partial charge in [-0.15, -0.1) is 0 Å². The lowest BCUT2D eigenvalue weighted by Crippen LogP contribution is -2.45. The maximum atomic E-state index is 14.4. The average Bonchev–Trinajstić information content (AvgIpc) is 3.15. The fraction of sp³-hybridized carbons (Fsp3) is 0.375. The van der Waals surface area contributed by atoms with Gasteiger partial charge in [0.1, 0.15) is 23.1 Å². The molecule has 0 radical (unpaired) electrons. The van der Waals surface area contributed by atoms with E-state index in [0.717, 1.165) is 49.9 Å². The number of nitrogens with zero attached hydrogens (tertiary/aromatic N) is 3. The van der Waals surface area contributed by atoms with Crippen LogP contribution in [0.25, 0.3) is 11.5 Å². The molecular formula is C24H28FN3O3. The molecule has 6 nitrogen and oxygen atoms in total. The van der Waals surface area contributed by atoms with Crippen LogP contribution >= 0.6 is 0 Å². The van der Waals surface area contributed by atoms with Crippen molar-refractivity contribution in [3.05, 3.63) is 65.3 Å². The number of hydrogen-bond acceptors (Lipinski definition) is 6. The summed E-state index contributed by atoms with van der Waals surface area (Å²) in [7, 11) is 3.22. The highest BCUT2D eigenvalue weighted by molar-refractivity contribution is 5.56. The lowest BCUT2D eigenvalue weighted by atomic mass is 10.1. The minimum atomic E-state index is -0.405. The Hall–Kier alpha value is -2.90. The van der Waals surface area contributed by atoms with Crippen LogP contribution in [0.2, 0.25) is 0 Å². The lowest BCUT2D eigenvalue weighted by molar-refractivity contribution is 0.120. The van der Waals surface area contributed by atoms with Crippen molar-refractivity contribution < 1.29 is 18.3 Å². The van der Waals surface area contributed by atoms with E-state index in [2.05, 4.69) is 20.9 Å². The van der Waals surface area contributed by atoms with E-state index in [1.165, 1.54) is 18.7 Å². The molecule has 4 rings (SSSR count). The maximum Gasteiger partial charge on any atom is 0.229 e. The van der Waals surface area contributed by atoms with Crippen molar-refractivity contribution in [2.45, 2.75) is 20.0 Å². The molecule has 0 N–H and O–H groups in total. The van der Waals surface area contributed by atoms with Gasteiger partial charge < -0.3 is 13.9 Å². The number of methoxy groups -OCH3 is 2. The number of ether oxygens (including phenoxy) is 2. The Labute approximate surface area is 182 Å². The third-order valence-corrected chi connectivity index (χ3v) is 5.72. The van der Waals surface area contributed by atoms with Gasteiger partial charge in [-0.05, 0) is 25.1 Å². The molecule has 164 valence electrons. The van der Waals surface area contributed by atoms with Crippen LogP contribution in [-0.2, 0) is 13.1 Å².